The van der Waals surface area contributed by atoms with Gasteiger partial charge < -0.3 is 14.6 Å². The van der Waals surface area contributed by atoms with E-state index in [2.05, 4.69) is 42.4 Å². The maximum absolute atomic E-state index is 11.8. The summed E-state index contributed by atoms with van der Waals surface area (Å²) >= 11 is 6.58. The highest BCUT2D eigenvalue weighted by atomic mass is 79.9. The number of benzene rings is 2. The minimum atomic E-state index is -0.394. The van der Waals surface area contributed by atoms with Gasteiger partial charge in [-0.3, -0.25) is 4.79 Å². The predicted molar refractivity (Wildman–Crippen MR) is 102 cm³/mol. The molecule has 0 saturated heterocycles. The highest BCUT2D eigenvalue weighted by Gasteiger charge is 2.08. The van der Waals surface area contributed by atoms with Gasteiger partial charge in [0.15, 0.2) is 18.1 Å². The van der Waals surface area contributed by atoms with Crippen molar-refractivity contribution < 1.29 is 19.4 Å². The van der Waals surface area contributed by atoms with E-state index in [0.29, 0.717) is 28.1 Å². The molecular weight excluding hydrogens is 456 g/mol. The molecule has 2 aromatic carbocycles. The van der Waals surface area contributed by atoms with Crippen LogP contribution in [-0.2, 0) is 4.79 Å². The molecule has 0 aliphatic carbocycles. The summed E-state index contributed by atoms with van der Waals surface area (Å²) in [7, 11) is 0. The van der Waals surface area contributed by atoms with E-state index in [1.165, 1.54) is 6.21 Å². The van der Waals surface area contributed by atoms with Gasteiger partial charge in [0, 0.05) is 0 Å². The normalized spacial score (nSPS) is 10.7. The van der Waals surface area contributed by atoms with Gasteiger partial charge in [-0.25, -0.2) is 5.43 Å². The molecule has 0 spiro atoms. The molecule has 0 bridgehead atoms. The maximum Gasteiger partial charge on any atom is 0.277 e. The summed E-state index contributed by atoms with van der Waals surface area (Å²) in [6, 6.07) is 10.5. The molecule has 0 heterocycles. The third kappa shape index (κ3) is 5.75. The summed E-state index contributed by atoms with van der Waals surface area (Å²) in [5, 5.41) is 13.7. The molecule has 0 aliphatic heterocycles. The number of carbonyl (C=O) groups is 1. The number of amides is 1. The van der Waals surface area contributed by atoms with Gasteiger partial charge in [-0.2, -0.15) is 5.10 Å². The molecule has 0 atom stereocenters. The lowest BCUT2D eigenvalue weighted by Crippen LogP contribution is -2.24. The van der Waals surface area contributed by atoms with Gasteiger partial charge in [0.25, 0.3) is 5.91 Å². The Balaban J connectivity index is 1.92. The van der Waals surface area contributed by atoms with Crippen molar-refractivity contribution in [1.29, 1.82) is 0 Å². The summed E-state index contributed by atoms with van der Waals surface area (Å²) < 4.78 is 12.0. The number of hydrazone groups is 1. The first-order valence-electron chi connectivity index (χ1n) is 7.35. The van der Waals surface area contributed by atoms with Gasteiger partial charge in [-0.1, -0.05) is 12.1 Å². The Labute approximate surface area is 162 Å². The van der Waals surface area contributed by atoms with E-state index in [1.807, 2.05) is 25.1 Å². The zero-order chi connectivity index (χ0) is 18.2. The Morgan fingerprint density at radius 2 is 1.96 bits per heavy atom. The number of hydrogen-bond donors (Lipinski definition) is 2. The van der Waals surface area contributed by atoms with Crippen LogP contribution < -0.4 is 14.9 Å². The SMILES string of the molecule is CCOc1cc(C=NNC(=O)COc2ccccc2Br)cc(Br)c1O. The van der Waals surface area contributed by atoms with E-state index in [-0.39, 0.29) is 12.4 Å². The molecule has 2 N–H and O–H groups in total. The van der Waals surface area contributed by atoms with Crippen LogP contribution in [0.15, 0.2) is 50.4 Å². The lowest BCUT2D eigenvalue weighted by Gasteiger charge is -2.08. The number of hydrogen-bond acceptors (Lipinski definition) is 5. The third-order valence-corrected chi connectivity index (χ3v) is 4.21. The van der Waals surface area contributed by atoms with E-state index >= 15 is 0 Å². The molecule has 132 valence electrons. The van der Waals surface area contributed by atoms with Crippen LogP contribution in [0.4, 0.5) is 0 Å². The second-order valence-corrected chi connectivity index (χ2v) is 6.50. The van der Waals surface area contributed by atoms with Crippen molar-refractivity contribution in [2.24, 2.45) is 5.10 Å². The summed E-state index contributed by atoms with van der Waals surface area (Å²) in [4.78, 5) is 11.8. The number of phenols is 1. The van der Waals surface area contributed by atoms with Crippen molar-refractivity contribution in [2.75, 3.05) is 13.2 Å². The number of ether oxygens (including phenoxy) is 2. The molecular formula is C17H16Br2N2O4. The number of carbonyl (C=O) groups excluding carboxylic acids is 1. The average molecular weight is 472 g/mol. The van der Waals surface area contributed by atoms with Gasteiger partial charge in [-0.15, -0.1) is 0 Å². The molecule has 8 heteroatoms. The van der Waals surface area contributed by atoms with Crippen LogP contribution in [0.5, 0.6) is 17.2 Å². The second-order valence-electron chi connectivity index (χ2n) is 4.79. The van der Waals surface area contributed by atoms with Crippen LogP contribution in [0.3, 0.4) is 0 Å². The minimum absolute atomic E-state index is 0.0184. The Kier molecular flexibility index (Phi) is 7.27. The number of aromatic hydroxyl groups is 1. The molecule has 0 radical (unpaired) electrons. The van der Waals surface area contributed by atoms with Crippen LogP contribution in [0.1, 0.15) is 12.5 Å². The van der Waals surface area contributed by atoms with Crippen LogP contribution in [-0.4, -0.2) is 30.4 Å². The number of halogens is 2. The Morgan fingerprint density at radius 3 is 2.68 bits per heavy atom. The summed E-state index contributed by atoms with van der Waals surface area (Å²) in [5.74, 6) is 0.534. The van der Waals surface area contributed by atoms with Gasteiger partial charge in [0.2, 0.25) is 0 Å². The molecule has 2 aromatic rings. The smallest absolute Gasteiger partial charge is 0.277 e. The predicted octanol–water partition coefficient (Wildman–Crippen LogP) is 3.85. The highest BCUT2D eigenvalue weighted by Crippen LogP contribution is 2.35. The maximum atomic E-state index is 11.8. The van der Waals surface area contributed by atoms with Gasteiger partial charge in [-0.05, 0) is 68.6 Å². The molecule has 1 amide bonds. The largest absolute Gasteiger partial charge is 0.503 e. The van der Waals surface area contributed by atoms with Gasteiger partial charge in [0.1, 0.15) is 5.75 Å². The average Bonchev–Trinajstić information content (AvgIpc) is 2.58. The van der Waals surface area contributed by atoms with Crippen molar-refractivity contribution in [1.82, 2.24) is 5.43 Å². The van der Waals surface area contributed by atoms with Gasteiger partial charge >= 0.3 is 0 Å². The standard InChI is InChI=1S/C17H16Br2N2O4/c1-2-24-15-8-11(7-13(19)17(15)23)9-20-21-16(22)10-25-14-6-4-3-5-12(14)18/h3-9,23H,2,10H2,1H3,(H,21,22). The number of nitrogens with zero attached hydrogens (tertiary/aromatic N) is 1. The minimum Gasteiger partial charge on any atom is -0.503 e. The first-order chi connectivity index (χ1) is 12.0. The van der Waals surface area contributed by atoms with Crippen molar-refractivity contribution in [2.45, 2.75) is 6.92 Å². The van der Waals surface area contributed by atoms with Gasteiger partial charge in [0.05, 0.1) is 21.8 Å². The van der Waals surface area contributed by atoms with E-state index in [9.17, 15) is 9.90 Å². The lowest BCUT2D eigenvalue weighted by atomic mass is 10.2. The Hall–Kier alpha value is -2.06. The van der Waals surface area contributed by atoms with Crippen molar-refractivity contribution in [3.05, 3.63) is 50.9 Å². The number of nitrogens with one attached hydrogen (secondary N) is 1. The molecule has 25 heavy (non-hydrogen) atoms. The zero-order valence-corrected chi connectivity index (χ0v) is 16.5. The summed E-state index contributed by atoms with van der Waals surface area (Å²) in [5.41, 5.74) is 3.03. The van der Waals surface area contributed by atoms with Crippen molar-refractivity contribution in [3.8, 4) is 17.2 Å². The molecule has 0 aromatic heterocycles. The van der Waals surface area contributed by atoms with E-state index < -0.39 is 5.91 Å². The second kappa shape index (κ2) is 9.43. The van der Waals surface area contributed by atoms with Crippen molar-refractivity contribution in [3.63, 3.8) is 0 Å². The van der Waals surface area contributed by atoms with Crippen LogP contribution in [0.25, 0.3) is 0 Å². The zero-order valence-electron chi connectivity index (χ0n) is 13.3. The number of para-hydroxylation sites is 1. The molecule has 6 nitrogen and oxygen atoms in total. The molecule has 0 saturated carbocycles. The van der Waals surface area contributed by atoms with E-state index in [4.69, 9.17) is 9.47 Å². The number of phenolic OH excluding ortho intramolecular Hbond substituents is 1. The number of rotatable bonds is 7. The molecule has 0 aliphatic rings. The fourth-order valence-corrected chi connectivity index (χ4v) is 2.71. The lowest BCUT2D eigenvalue weighted by molar-refractivity contribution is -0.123. The first kappa shape index (κ1) is 19.3. The molecule has 0 fully saturated rings. The van der Waals surface area contributed by atoms with Crippen LogP contribution >= 0.6 is 31.9 Å². The summed E-state index contributed by atoms with van der Waals surface area (Å²) in [6.45, 7) is 2.08. The third-order valence-electron chi connectivity index (χ3n) is 2.95. The first-order valence-corrected chi connectivity index (χ1v) is 8.94. The molecule has 0 unspecified atom stereocenters. The Morgan fingerprint density at radius 1 is 1.20 bits per heavy atom. The van der Waals surface area contributed by atoms with Crippen molar-refractivity contribution >= 4 is 44.0 Å². The molecule has 2 rings (SSSR count). The van der Waals surface area contributed by atoms with E-state index in [1.54, 1.807) is 18.2 Å². The van der Waals surface area contributed by atoms with Crippen LogP contribution in [0, 0.1) is 0 Å². The van der Waals surface area contributed by atoms with Crippen LogP contribution in [0.2, 0.25) is 0 Å². The summed E-state index contributed by atoms with van der Waals surface area (Å²) in [6.07, 6.45) is 1.45. The Bertz CT molecular complexity index is 781. The van der Waals surface area contributed by atoms with E-state index in [0.717, 1.165) is 4.47 Å². The highest BCUT2D eigenvalue weighted by molar-refractivity contribution is 9.10. The fraction of sp³-hybridized carbons (Fsp3) is 0.176. The fourth-order valence-electron chi connectivity index (χ4n) is 1.85. The quantitative estimate of drug-likeness (QED) is 0.474. The topological polar surface area (TPSA) is 80.2 Å². The monoisotopic (exact) mass is 470 g/mol.